The number of hydrogen-bond acceptors (Lipinski definition) is 2. The van der Waals surface area contributed by atoms with Gasteiger partial charge in [-0.2, -0.15) is 0 Å². The monoisotopic (exact) mass is 143 g/mol. The minimum Gasteiger partial charge on any atom is -0.396 e. The topological polar surface area (TPSA) is 32.3 Å². The van der Waals surface area contributed by atoms with Crippen molar-refractivity contribution in [2.24, 2.45) is 0 Å². The van der Waals surface area contributed by atoms with Crippen molar-refractivity contribution in [3.05, 3.63) is 0 Å². The third-order valence-corrected chi connectivity index (χ3v) is 2.19. The Bertz CT molecular complexity index is 91.3. The van der Waals surface area contributed by atoms with Crippen molar-refractivity contribution in [1.82, 2.24) is 5.32 Å². The van der Waals surface area contributed by atoms with E-state index in [1.807, 2.05) is 0 Å². The lowest BCUT2D eigenvalue weighted by Crippen LogP contribution is -2.41. The number of hydrogen-bond donors (Lipinski definition) is 2. The third kappa shape index (κ3) is 2.27. The average Bonchev–Trinajstić information content (AvgIpc) is 1.80. The van der Waals surface area contributed by atoms with E-state index in [-0.39, 0.29) is 0 Å². The molecule has 60 valence electrons. The van der Waals surface area contributed by atoms with Gasteiger partial charge in [-0.3, -0.25) is 0 Å². The second kappa shape index (κ2) is 3.94. The van der Waals surface area contributed by atoms with E-state index in [0.29, 0.717) is 12.6 Å². The molecule has 1 unspecified atom stereocenters. The van der Waals surface area contributed by atoms with Crippen LogP contribution in [0.25, 0.3) is 0 Å². The van der Waals surface area contributed by atoms with Crippen molar-refractivity contribution in [3.63, 3.8) is 0 Å². The summed E-state index contributed by atoms with van der Waals surface area (Å²) in [4.78, 5) is 0. The molecule has 0 aromatic heterocycles. The van der Waals surface area contributed by atoms with Crippen LogP contribution in [-0.4, -0.2) is 23.8 Å². The molecule has 0 aromatic rings. The minimum atomic E-state index is 0.306. The highest BCUT2D eigenvalue weighted by atomic mass is 16.3. The van der Waals surface area contributed by atoms with E-state index in [1.165, 1.54) is 19.3 Å². The van der Waals surface area contributed by atoms with Crippen LogP contribution in [0.15, 0.2) is 0 Å². The van der Waals surface area contributed by atoms with Crippen molar-refractivity contribution >= 4 is 0 Å². The Balaban J connectivity index is 1.99. The van der Waals surface area contributed by atoms with E-state index in [4.69, 9.17) is 5.11 Å². The maximum Gasteiger partial charge on any atom is 0.0445 e. The Labute approximate surface area is 62.6 Å². The van der Waals surface area contributed by atoms with Gasteiger partial charge in [0, 0.05) is 18.7 Å². The highest BCUT2D eigenvalue weighted by Gasteiger charge is 2.18. The fourth-order valence-electron chi connectivity index (χ4n) is 1.25. The van der Waals surface area contributed by atoms with Gasteiger partial charge in [-0.15, -0.1) is 0 Å². The molecular weight excluding hydrogens is 126 g/mol. The van der Waals surface area contributed by atoms with Crippen LogP contribution in [0.4, 0.5) is 0 Å². The maximum absolute atomic E-state index is 8.60. The van der Waals surface area contributed by atoms with E-state index in [2.05, 4.69) is 12.2 Å². The molecule has 0 aromatic carbocycles. The van der Waals surface area contributed by atoms with Gasteiger partial charge in [0.15, 0.2) is 0 Å². The summed E-state index contributed by atoms with van der Waals surface area (Å²) in [5.74, 6) is 0. The first-order valence-electron chi connectivity index (χ1n) is 4.20. The largest absolute Gasteiger partial charge is 0.396 e. The van der Waals surface area contributed by atoms with E-state index in [1.54, 1.807) is 0 Å². The minimum absolute atomic E-state index is 0.306. The average molecular weight is 143 g/mol. The molecule has 0 radical (unpaired) electrons. The van der Waals surface area contributed by atoms with Crippen LogP contribution < -0.4 is 5.32 Å². The standard InChI is InChI=1S/C8H17NO/c1-7(5-6-10)9-8-3-2-4-8/h7-10H,2-6H2,1H3. The van der Waals surface area contributed by atoms with Crippen molar-refractivity contribution in [2.45, 2.75) is 44.7 Å². The van der Waals surface area contributed by atoms with Crippen LogP contribution in [0.5, 0.6) is 0 Å². The molecule has 10 heavy (non-hydrogen) atoms. The van der Waals surface area contributed by atoms with Crippen molar-refractivity contribution < 1.29 is 5.11 Å². The summed E-state index contributed by atoms with van der Waals surface area (Å²) < 4.78 is 0. The van der Waals surface area contributed by atoms with Gasteiger partial charge in [0.2, 0.25) is 0 Å². The lowest BCUT2D eigenvalue weighted by molar-refractivity contribution is 0.244. The lowest BCUT2D eigenvalue weighted by atomic mass is 9.92. The highest BCUT2D eigenvalue weighted by molar-refractivity contribution is 4.78. The first-order chi connectivity index (χ1) is 4.83. The molecule has 0 aliphatic heterocycles. The summed E-state index contributed by atoms with van der Waals surface area (Å²) in [5, 5.41) is 12.1. The molecule has 1 rings (SSSR count). The molecule has 2 heteroatoms. The number of nitrogens with one attached hydrogen (secondary N) is 1. The summed E-state index contributed by atoms with van der Waals surface area (Å²) >= 11 is 0. The molecule has 1 saturated carbocycles. The van der Waals surface area contributed by atoms with Gasteiger partial charge in [0.25, 0.3) is 0 Å². The molecule has 0 saturated heterocycles. The molecule has 0 heterocycles. The van der Waals surface area contributed by atoms with Gasteiger partial charge in [-0.25, -0.2) is 0 Å². The Morgan fingerprint density at radius 2 is 2.30 bits per heavy atom. The molecule has 1 aliphatic rings. The van der Waals surface area contributed by atoms with Gasteiger partial charge in [-0.1, -0.05) is 6.42 Å². The summed E-state index contributed by atoms with van der Waals surface area (Å²) in [6.07, 6.45) is 4.92. The predicted molar refractivity (Wildman–Crippen MR) is 41.9 cm³/mol. The van der Waals surface area contributed by atoms with Gasteiger partial charge in [0.1, 0.15) is 0 Å². The second-order valence-corrected chi connectivity index (χ2v) is 3.21. The van der Waals surface area contributed by atoms with Crippen molar-refractivity contribution in [1.29, 1.82) is 0 Å². The number of aliphatic hydroxyl groups is 1. The Kier molecular flexibility index (Phi) is 3.16. The highest BCUT2D eigenvalue weighted by Crippen LogP contribution is 2.18. The zero-order valence-electron chi connectivity index (χ0n) is 6.64. The molecule has 0 bridgehead atoms. The van der Waals surface area contributed by atoms with Gasteiger partial charge in [0.05, 0.1) is 0 Å². The van der Waals surface area contributed by atoms with Crippen molar-refractivity contribution in [2.75, 3.05) is 6.61 Å². The normalized spacial score (nSPS) is 22.2. The quantitative estimate of drug-likeness (QED) is 0.613. The second-order valence-electron chi connectivity index (χ2n) is 3.21. The van der Waals surface area contributed by atoms with E-state index in [9.17, 15) is 0 Å². The Morgan fingerprint density at radius 3 is 2.70 bits per heavy atom. The molecular formula is C8H17NO. The zero-order chi connectivity index (χ0) is 7.40. The van der Waals surface area contributed by atoms with Gasteiger partial charge >= 0.3 is 0 Å². The molecule has 2 N–H and O–H groups in total. The molecule has 1 atom stereocenters. The summed E-state index contributed by atoms with van der Waals surface area (Å²) in [6.45, 7) is 2.44. The number of aliphatic hydroxyl groups excluding tert-OH is 1. The van der Waals surface area contributed by atoms with Gasteiger partial charge in [-0.05, 0) is 26.2 Å². The van der Waals surface area contributed by atoms with Crippen molar-refractivity contribution in [3.8, 4) is 0 Å². The molecule has 0 spiro atoms. The molecule has 1 aliphatic carbocycles. The SMILES string of the molecule is CC(CCO)NC1CCC1. The summed E-state index contributed by atoms with van der Waals surface area (Å²) in [5.41, 5.74) is 0. The van der Waals surface area contributed by atoms with Gasteiger partial charge < -0.3 is 10.4 Å². The zero-order valence-corrected chi connectivity index (χ0v) is 6.64. The first kappa shape index (κ1) is 8.02. The predicted octanol–water partition coefficient (Wildman–Crippen LogP) is 0.899. The Morgan fingerprint density at radius 1 is 1.60 bits per heavy atom. The molecule has 1 fully saturated rings. The fraction of sp³-hybridized carbons (Fsp3) is 1.00. The fourth-order valence-corrected chi connectivity index (χ4v) is 1.25. The van der Waals surface area contributed by atoms with Crippen LogP contribution in [0.3, 0.4) is 0 Å². The van der Waals surface area contributed by atoms with Crippen LogP contribution in [0, 0.1) is 0 Å². The smallest absolute Gasteiger partial charge is 0.0445 e. The molecule has 2 nitrogen and oxygen atoms in total. The van der Waals surface area contributed by atoms with E-state index in [0.717, 1.165) is 12.5 Å². The first-order valence-corrected chi connectivity index (χ1v) is 4.20. The van der Waals surface area contributed by atoms with Crippen LogP contribution >= 0.6 is 0 Å². The summed E-state index contributed by atoms with van der Waals surface area (Å²) in [7, 11) is 0. The van der Waals surface area contributed by atoms with Crippen LogP contribution in [0.2, 0.25) is 0 Å². The van der Waals surface area contributed by atoms with E-state index < -0.39 is 0 Å². The third-order valence-electron chi connectivity index (χ3n) is 2.19. The van der Waals surface area contributed by atoms with Crippen LogP contribution in [0.1, 0.15) is 32.6 Å². The van der Waals surface area contributed by atoms with Crippen LogP contribution in [-0.2, 0) is 0 Å². The maximum atomic E-state index is 8.60. The molecule has 0 amide bonds. The van der Waals surface area contributed by atoms with E-state index >= 15 is 0 Å². The lowest BCUT2D eigenvalue weighted by Gasteiger charge is -2.29. The summed E-state index contributed by atoms with van der Waals surface area (Å²) in [6, 6.07) is 1.25. The number of rotatable bonds is 4. The Hall–Kier alpha value is -0.0800.